The van der Waals surface area contributed by atoms with Crippen molar-refractivity contribution in [2.45, 2.75) is 12.8 Å². The number of esters is 1. The molecule has 122 valence electrons. The van der Waals surface area contributed by atoms with Gasteiger partial charge in [-0.1, -0.05) is 12.2 Å². The highest BCUT2D eigenvalue weighted by molar-refractivity contribution is 14.1. The molecule has 4 nitrogen and oxygen atoms in total. The molecule has 3 rings (SSSR count). The molecule has 0 heterocycles. The van der Waals surface area contributed by atoms with Gasteiger partial charge in [-0.25, -0.2) is 0 Å². The molecule has 2 bridgehead atoms. The van der Waals surface area contributed by atoms with Gasteiger partial charge in [-0.15, -0.1) is 0 Å². The van der Waals surface area contributed by atoms with Crippen LogP contribution in [0.1, 0.15) is 12.8 Å². The summed E-state index contributed by atoms with van der Waals surface area (Å²) >= 11 is 6.62. The summed E-state index contributed by atoms with van der Waals surface area (Å²) in [6, 6.07) is 3.99. The van der Waals surface area contributed by atoms with E-state index in [0.717, 1.165) is 29.2 Å². The van der Waals surface area contributed by atoms with Crippen molar-refractivity contribution in [2.24, 2.45) is 17.8 Å². The van der Waals surface area contributed by atoms with Gasteiger partial charge in [-0.3, -0.25) is 9.59 Å². The number of carbonyl (C=O) groups is 2. The van der Waals surface area contributed by atoms with Crippen molar-refractivity contribution in [2.75, 3.05) is 11.9 Å². The highest BCUT2D eigenvalue weighted by Crippen LogP contribution is 2.43. The van der Waals surface area contributed by atoms with E-state index in [1.165, 1.54) is 0 Å². The van der Waals surface area contributed by atoms with E-state index in [-0.39, 0.29) is 24.4 Å². The molecule has 0 saturated heterocycles. The van der Waals surface area contributed by atoms with E-state index < -0.39 is 0 Å². The Bertz CT molecular complexity index is 666. The van der Waals surface area contributed by atoms with E-state index >= 15 is 0 Å². The number of anilines is 1. The molecule has 23 heavy (non-hydrogen) atoms. The summed E-state index contributed by atoms with van der Waals surface area (Å²) in [6.07, 6.45) is 6.19. The van der Waals surface area contributed by atoms with Crippen LogP contribution in [0.2, 0.25) is 0 Å². The largest absolute Gasteiger partial charge is 0.455 e. The van der Waals surface area contributed by atoms with Crippen LogP contribution in [0.3, 0.4) is 0 Å². The molecule has 1 aromatic rings. The molecule has 0 aromatic heterocycles. The van der Waals surface area contributed by atoms with E-state index in [9.17, 15) is 9.59 Å². The third kappa shape index (κ3) is 4.20. The molecule has 3 atom stereocenters. The molecule has 1 fully saturated rings. The summed E-state index contributed by atoms with van der Waals surface area (Å²) in [5.74, 6) is 0.199. The van der Waals surface area contributed by atoms with Crippen LogP contribution >= 0.6 is 67.8 Å². The lowest BCUT2D eigenvalue weighted by atomic mass is 9.94. The molecule has 0 unspecified atom stereocenters. The van der Waals surface area contributed by atoms with Gasteiger partial charge in [0.2, 0.25) is 0 Å². The molecule has 7 heteroatoms. The molecule has 1 amide bonds. The maximum atomic E-state index is 12.1. The molecule has 2 aliphatic rings. The Morgan fingerprint density at radius 3 is 2.39 bits per heavy atom. The van der Waals surface area contributed by atoms with E-state index in [1.807, 2.05) is 12.1 Å². The number of carbonyl (C=O) groups excluding carboxylic acids is 2. The normalized spacial score (nSPS) is 24.7. The zero-order chi connectivity index (χ0) is 16.6. The van der Waals surface area contributed by atoms with E-state index in [1.54, 1.807) is 0 Å². The Morgan fingerprint density at radius 2 is 1.83 bits per heavy atom. The Kier molecular flexibility index (Phi) is 5.87. The van der Waals surface area contributed by atoms with E-state index in [0.29, 0.717) is 11.8 Å². The van der Waals surface area contributed by atoms with Gasteiger partial charge in [0.15, 0.2) is 6.61 Å². The summed E-state index contributed by atoms with van der Waals surface area (Å²) in [7, 11) is 0. The Morgan fingerprint density at radius 1 is 1.13 bits per heavy atom. The second kappa shape index (κ2) is 7.54. The lowest BCUT2D eigenvalue weighted by molar-refractivity contribution is -0.152. The van der Waals surface area contributed by atoms with Gasteiger partial charge in [0.25, 0.3) is 5.91 Å². The van der Waals surface area contributed by atoms with Crippen LogP contribution in [-0.4, -0.2) is 18.5 Å². The smallest absolute Gasteiger partial charge is 0.310 e. The number of fused-ring (bicyclic) bond motifs is 2. The molecule has 0 spiro atoms. The fraction of sp³-hybridized carbons (Fsp3) is 0.375. The van der Waals surface area contributed by atoms with Crippen LogP contribution in [0.5, 0.6) is 0 Å². The van der Waals surface area contributed by atoms with Crippen molar-refractivity contribution in [1.29, 1.82) is 0 Å². The van der Waals surface area contributed by atoms with Gasteiger partial charge in [0.1, 0.15) is 0 Å². The maximum absolute atomic E-state index is 12.1. The van der Waals surface area contributed by atoms with Gasteiger partial charge in [0, 0.05) is 10.7 Å². The van der Waals surface area contributed by atoms with Crippen molar-refractivity contribution in [3.8, 4) is 0 Å². The third-order valence-corrected chi connectivity index (χ3v) is 6.52. The Labute approximate surface area is 175 Å². The number of benzene rings is 1. The number of amides is 1. The standard InChI is InChI=1S/C16H14I3NO3/c17-10-5-12(18)15(13(19)6-10)20-14(21)7-23-16(22)11-4-8-1-2-9(11)3-8/h1-2,5-6,8-9,11H,3-4,7H2,(H,20,21)/t8-,9-,11-/m0/s1. The lowest BCUT2D eigenvalue weighted by Crippen LogP contribution is -2.27. The maximum Gasteiger partial charge on any atom is 0.310 e. The van der Waals surface area contributed by atoms with Gasteiger partial charge in [-0.2, -0.15) is 0 Å². The molecular weight excluding hydrogens is 635 g/mol. The minimum atomic E-state index is -0.297. The first kappa shape index (κ1) is 17.9. The molecule has 1 saturated carbocycles. The zero-order valence-corrected chi connectivity index (χ0v) is 18.5. The summed E-state index contributed by atoms with van der Waals surface area (Å²) in [5.41, 5.74) is 0.774. The predicted octanol–water partition coefficient (Wildman–Crippen LogP) is 4.19. The summed E-state index contributed by atoms with van der Waals surface area (Å²) in [6.45, 7) is -0.228. The first-order valence-corrected chi connectivity index (χ1v) is 10.5. The van der Waals surface area contributed by atoms with Crippen molar-refractivity contribution >= 4 is 85.3 Å². The second-order valence-corrected chi connectivity index (χ2v) is 9.36. The van der Waals surface area contributed by atoms with Gasteiger partial charge >= 0.3 is 5.97 Å². The highest BCUT2D eigenvalue weighted by Gasteiger charge is 2.40. The van der Waals surface area contributed by atoms with Gasteiger partial charge < -0.3 is 10.1 Å². The first-order valence-electron chi connectivity index (χ1n) is 7.23. The predicted molar refractivity (Wildman–Crippen MR) is 113 cm³/mol. The van der Waals surface area contributed by atoms with E-state index in [4.69, 9.17) is 4.74 Å². The van der Waals surface area contributed by atoms with Crippen LogP contribution < -0.4 is 5.32 Å². The number of rotatable bonds is 4. The summed E-state index contributed by atoms with van der Waals surface area (Å²) in [4.78, 5) is 24.2. The van der Waals surface area contributed by atoms with Gasteiger partial charge in [0.05, 0.1) is 11.6 Å². The van der Waals surface area contributed by atoms with Gasteiger partial charge in [-0.05, 0) is 105 Å². The first-order chi connectivity index (χ1) is 10.9. The van der Waals surface area contributed by atoms with E-state index in [2.05, 4.69) is 85.2 Å². The quantitative estimate of drug-likeness (QED) is 0.303. The van der Waals surface area contributed by atoms with Crippen molar-refractivity contribution < 1.29 is 14.3 Å². The number of ether oxygens (including phenoxy) is 1. The average Bonchev–Trinajstić information content (AvgIpc) is 3.11. The fourth-order valence-corrected chi connectivity index (χ4v) is 6.98. The monoisotopic (exact) mass is 649 g/mol. The Hall–Kier alpha value is 0.0900. The second-order valence-electron chi connectivity index (χ2n) is 5.79. The number of halogens is 3. The number of hydrogen-bond acceptors (Lipinski definition) is 3. The molecular formula is C16H14I3NO3. The topological polar surface area (TPSA) is 55.4 Å². The molecule has 2 aliphatic carbocycles. The number of nitrogens with one attached hydrogen (secondary N) is 1. The van der Waals surface area contributed by atoms with Crippen molar-refractivity contribution in [3.05, 3.63) is 35.0 Å². The molecule has 1 N–H and O–H groups in total. The summed E-state index contributed by atoms with van der Waals surface area (Å²) in [5, 5.41) is 2.84. The molecule has 1 aromatic carbocycles. The van der Waals surface area contributed by atoms with Crippen LogP contribution in [0.4, 0.5) is 5.69 Å². The lowest BCUT2D eigenvalue weighted by Gasteiger charge is -2.16. The molecule has 0 radical (unpaired) electrons. The molecule has 0 aliphatic heterocycles. The number of allylic oxidation sites excluding steroid dienone is 2. The SMILES string of the molecule is O=C(COC(=O)[C@H]1C[C@H]2C=C[C@H]1C2)Nc1c(I)cc(I)cc1I. The minimum absolute atomic E-state index is 0.0728. The summed E-state index contributed by atoms with van der Waals surface area (Å²) < 4.78 is 8.28. The minimum Gasteiger partial charge on any atom is -0.455 e. The third-order valence-electron chi connectivity index (χ3n) is 4.20. The van der Waals surface area contributed by atoms with Crippen LogP contribution in [-0.2, 0) is 14.3 Å². The average molecular weight is 649 g/mol. The fourth-order valence-electron chi connectivity index (χ4n) is 3.13. The van der Waals surface area contributed by atoms with Crippen molar-refractivity contribution in [1.82, 2.24) is 0 Å². The van der Waals surface area contributed by atoms with Crippen LogP contribution in [0.15, 0.2) is 24.3 Å². The highest BCUT2D eigenvalue weighted by atomic mass is 127. The number of hydrogen-bond donors (Lipinski definition) is 1. The van der Waals surface area contributed by atoms with Crippen LogP contribution in [0, 0.1) is 28.5 Å². The van der Waals surface area contributed by atoms with Crippen LogP contribution in [0.25, 0.3) is 0 Å². The zero-order valence-electron chi connectivity index (χ0n) is 12.0. The van der Waals surface area contributed by atoms with Crippen molar-refractivity contribution in [3.63, 3.8) is 0 Å². The Balaban J connectivity index is 1.54.